The molecule has 4 heteroatoms. The molecule has 1 saturated heterocycles. The average Bonchev–Trinajstić information content (AvgIpc) is 3.36. The zero-order chi connectivity index (χ0) is 21.1. The predicted octanol–water partition coefficient (Wildman–Crippen LogP) is 3.92. The van der Waals surface area contributed by atoms with Crippen molar-refractivity contribution in [1.82, 2.24) is 5.32 Å². The van der Waals surface area contributed by atoms with E-state index < -0.39 is 0 Å². The first-order valence-electron chi connectivity index (χ1n) is 12.4. The summed E-state index contributed by atoms with van der Waals surface area (Å²) in [6.45, 7) is 6.78. The standard InChI is InChI=1S/C26H39NO3/c1-25-10-7-16(3-4-17-9-12-27-14-17)13-21(25)18(15-28)24(30)23-19-5-6-22(29)26(19,2)11-8-20(23)25/h3,17-21,23,27-28H,4-15H2,1-2H3/b16-3+/t17?,18-,19?,20?,21?,23?,25-,26+/m1/s1. The second-order valence-electron chi connectivity index (χ2n) is 11.6. The van der Waals surface area contributed by atoms with Gasteiger partial charge in [0.25, 0.3) is 0 Å². The quantitative estimate of drug-likeness (QED) is 0.688. The number of hydrogen-bond donors (Lipinski definition) is 2. The van der Waals surface area contributed by atoms with Crippen LogP contribution in [0.3, 0.4) is 0 Å². The predicted molar refractivity (Wildman–Crippen MR) is 117 cm³/mol. The summed E-state index contributed by atoms with van der Waals surface area (Å²) in [4.78, 5) is 26.4. The van der Waals surface area contributed by atoms with E-state index in [1.807, 2.05) is 0 Å². The second-order valence-corrected chi connectivity index (χ2v) is 11.6. The number of ketones is 2. The Labute approximate surface area is 181 Å². The van der Waals surface area contributed by atoms with Crippen molar-refractivity contribution in [2.24, 2.45) is 46.3 Å². The lowest BCUT2D eigenvalue weighted by molar-refractivity contribution is -0.167. The number of carbonyl (C=O) groups excluding carboxylic acids is 2. The lowest BCUT2D eigenvalue weighted by Crippen LogP contribution is -2.60. The summed E-state index contributed by atoms with van der Waals surface area (Å²) < 4.78 is 0. The van der Waals surface area contributed by atoms with Crippen LogP contribution in [0.25, 0.3) is 0 Å². The summed E-state index contributed by atoms with van der Waals surface area (Å²) in [7, 11) is 0. The van der Waals surface area contributed by atoms with Crippen molar-refractivity contribution in [3.8, 4) is 0 Å². The van der Waals surface area contributed by atoms with Crippen molar-refractivity contribution >= 4 is 11.6 Å². The first kappa shape index (κ1) is 20.9. The molecule has 2 N–H and O–H groups in total. The summed E-state index contributed by atoms with van der Waals surface area (Å²) in [5.74, 6) is 2.03. The molecule has 1 aliphatic heterocycles. The van der Waals surface area contributed by atoms with Gasteiger partial charge in [0.05, 0.1) is 6.61 Å². The largest absolute Gasteiger partial charge is 0.396 e. The molecule has 0 amide bonds. The second kappa shape index (κ2) is 7.55. The number of fused-ring (bicyclic) bond motifs is 5. The van der Waals surface area contributed by atoms with Gasteiger partial charge in [0, 0.05) is 23.7 Å². The summed E-state index contributed by atoms with van der Waals surface area (Å²) in [5.41, 5.74) is 1.34. The van der Waals surface area contributed by atoms with Crippen LogP contribution in [0.5, 0.6) is 0 Å². The normalized spacial score (nSPS) is 49.8. The van der Waals surface area contributed by atoms with Gasteiger partial charge in [-0.2, -0.15) is 0 Å². The molecule has 1 heterocycles. The Morgan fingerprint density at radius 2 is 1.90 bits per heavy atom. The highest BCUT2D eigenvalue weighted by Gasteiger charge is 2.64. The molecule has 4 nitrogen and oxygen atoms in total. The third-order valence-electron chi connectivity index (χ3n) is 10.4. The van der Waals surface area contributed by atoms with Crippen LogP contribution in [0.1, 0.15) is 71.6 Å². The zero-order valence-electron chi connectivity index (χ0n) is 18.8. The van der Waals surface area contributed by atoms with E-state index in [1.165, 1.54) is 12.0 Å². The van der Waals surface area contributed by atoms with Crippen LogP contribution >= 0.6 is 0 Å². The molecule has 4 aliphatic carbocycles. The maximum Gasteiger partial charge on any atom is 0.142 e. The van der Waals surface area contributed by atoms with Gasteiger partial charge in [-0.25, -0.2) is 0 Å². The maximum absolute atomic E-state index is 13.8. The number of allylic oxidation sites excluding steroid dienone is 2. The number of nitrogens with one attached hydrogen (secondary N) is 1. The van der Waals surface area contributed by atoms with Crippen LogP contribution in [0.4, 0.5) is 0 Å². The minimum absolute atomic E-state index is 0.0105. The number of aliphatic hydroxyl groups is 1. The molecule has 0 spiro atoms. The maximum atomic E-state index is 13.8. The van der Waals surface area contributed by atoms with Gasteiger partial charge < -0.3 is 10.4 Å². The monoisotopic (exact) mass is 413 g/mol. The summed E-state index contributed by atoms with van der Waals surface area (Å²) >= 11 is 0. The molecular weight excluding hydrogens is 374 g/mol. The lowest BCUT2D eigenvalue weighted by Gasteiger charge is -2.60. The Bertz CT molecular complexity index is 753. The molecule has 166 valence electrons. The number of carbonyl (C=O) groups is 2. The first-order valence-corrected chi connectivity index (χ1v) is 12.4. The van der Waals surface area contributed by atoms with Crippen molar-refractivity contribution in [3.05, 3.63) is 11.6 Å². The Balaban J connectivity index is 1.42. The van der Waals surface area contributed by atoms with E-state index in [-0.39, 0.29) is 46.9 Å². The van der Waals surface area contributed by atoms with Crippen molar-refractivity contribution < 1.29 is 14.7 Å². The molecule has 0 radical (unpaired) electrons. The Kier molecular flexibility index (Phi) is 5.25. The fourth-order valence-electron chi connectivity index (χ4n) is 8.44. The number of hydrogen-bond acceptors (Lipinski definition) is 4. The molecule has 8 atom stereocenters. The molecular formula is C26H39NO3. The minimum Gasteiger partial charge on any atom is -0.396 e. The topological polar surface area (TPSA) is 66.4 Å². The molecule has 30 heavy (non-hydrogen) atoms. The third kappa shape index (κ3) is 3.00. The smallest absolute Gasteiger partial charge is 0.142 e. The summed E-state index contributed by atoms with van der Waals surface area (Å²) in [6, 6.07) is 0. The number of aliphatic hydroxyl groups excluding tert-OH is 1. The van der Waals surface area contributed by atoms with E-state index in [0.29, 0.717) is 18.1 Å². The van der Waals surface area contributed by atoms with Gasteiger partial charge in [0.1, 0.15) is 11.6 Å². The van der Waals surface area contributed by atoms with Crippen LogP contribution < -0.4 is 5.32 Å². The van der Waals surface area contributed by atoms with Gasteiger partial charge in [-0.3, -0.25) is 9.59 Å². The van der Waals surface area contributed by atoms with Gasteiger partial charge in [-0.05, 0) is 93.5 Å². The van der Waals surface area contributed by atoms with Crippen LogP contribution in [0.2, 0.25) is 0 Å². The van der Waals surface area contributed by atoms with Crippen LogP contribution in [0.15, 0.2) is 11.6 Å². The van der Waals surface area contributed by atoms with E-state index >= 15 is 0 Å². The molecule has 0 bridgehead atoms. The van der Waals surface area contributed by atoms with Crippen LogP contribution in [0, 0.1) is 46.3 Å². The molecule has 5 aliphatic rings. The van der Waals surface area contributed by atoms with E-state index in [0.717, 1.165) is 64.0 Å². The minimum atomic E-state index is -0.297. The highest BCUT2D eigenvalue weighted by Crippen LogP contribution is 2.66. The molecule has 5 rings (SSSR count). The highest BCUT2D eigenvalue weighted by atomic mass is 16.3. The lowest BCUT2D eigenvalue weighted by atomic mass is 9.42. The van der Waals surface area contributed by atoms with Crippen molar-refractivity contribution in [2.45, 2.75) is 71.6 Å². The van der Waals surface area contributed by atoms with Gasteiger partial charge in [-0.15, -0.1) is 0 Å². The SMILES string of the molecule is C[C@]12CC/C(=C\CC3CCNC3)CC1[C@@H](CO)C(=O)C1C2CC[C@]2(C)C(=O)CCC12. The van der Waals surface area contributed by atoms with Gasteiger partial charge in [0.2, 0.25) is 0 Å². The molecule has 0 aromatic heterocycles. The van der Waals surface area contributed by atoms with Crippen molar-refractivity contribution in [3.63, 3.8) is 0 Å². The molecule has 5 fully saturated rings. The number of rotatable bonds is 3. The Hall–Kier alpha value is -1.00. The average molecular weight is 414 g/mol. The van der Waals surface area contributed by atoms with Gasteiger partial charge in [0.15, 0.2) is 0 Å². The number of Topliss-reactive ketones (excluding diaryl/α,β-unsaturated/α-hetero) is 2. The van der Waals surface area contributed by atoms with E-state index in [4.69, 9.17) is 0 Å². The Morgan fingerprint density at radius 3 is 2.63 bits per heavy atom. The van der Waals surface area contributed by atoms with Crippen molar-refractivity contribution in [1.29, 1.82) is 0 Å². The fraction of sp³-hybridized carbons (Fsp3) is 0.846. The van der Waals surface area contributed by atoms with E-state index in [9.17, 15) is 14.7 Å². The third-order valence-corrected chi connectivity index (χ3v) is 10.4. The van der Waals surface area contributed by atoms with Crippen molar-refractivity contribution in [2.75, 3.05) is 19.7 Å². The molecule has 0 aromatic rings. The summed E-state index contributed by atoms with van der Waals surface area (Å²) in [6.07, 6.45) is 11.6. The van der Waals surface area contributed by atoms with Gasteiger partial charge in [-0.1, -0.05) is 25.5 Å². The first-order chi connectivity index (χ1) is 14.4. The van der Waals surface area contributed by atoms with E-state index in [1.54, 1.807) is 0 Å². The van der Waals surface area contributed by atoms with Gasteiger partial charge >= 0.3 is 0 Å². The molecule has 5 unspecified atom stereocenters. The van der Waals surface area contributed by atoms with Crippen LogP contribution in [-0.2, 0) is 9.59 Å². The van der Waals surface area contributed by atoms with Crippen LogP contribution in [-0.4, -0.2) is 36.4 Å². The highest BCUT2D eigenvalue weighted by molar-refractivity contribution is 5.91. The zero-order valence-corrected chi connectivity index (χ0v) is 18.8. The fourth-order valence-corrected chi connectivity index (χ4v) is 8.44. The Morgan fingerprint density at radius 1 is 1.07 bits per heavy atom. The summed E-state index contributed by atoms with van der Waals surface area (Å²) in [5, 5.41) is 13.8. The van der Waals surface area contributed by atoms with E-state index in [2.05, 4.69) is 25.2 Å². The molecule has 4 saturated carbocycles. The molecule has 0 aromatic carbocycles.